The van der Waals surface area contributed by atoms with Gasteiger partial charge >= 0.3 is 0 Å². The van der Waals surface area contributed by atoms with Crippen LogP contribution >= 0.6 is 0 Å². The zero-order valence-corrected chi connectivity index (χ0v) is 11.3. The van der Waals surface area contributed by atoms with Crippen LogP contribution in [0.4, 0.5) is 0 Å². The molecule has 2 rings (SSSR count). The first kappa shape index (κ1) is 13.3. The lowest BCUT2D eigenvalue weighted by Crippen LogP contribution is -2.34. The van der Waals surface area contributed by atoms with Gasteiger partial charge in [-0.3, -0.25) is 9.59 Å². The molecule has 5 nitrogen and oxygen atoms in total. The molecule has 0 fully saturated rings. The number of carbonyl (C=O) groups excluding carboxylic acids is 1. The molecule has 100 valence electrons. The highest BCUT2D eigenvalue weighted by atomic mass is 16.2. The predicted octanol–water partition coefficient (Wildman–Crippen LogP) is 1.46. The van der Waals surface area contributed by atoms with Crippen LogP contribution in [0.3, 0.4) is 0 Å². The lowest BCUT2D eigenvalue weighted by molar-refractivity contribution is 0.0934. The average Bonchev–Trinajstić information content (AvgIpc) is 2.42. The minimum Gasteiger partial charge on any atom is -0.348 e. The zero-order chi connectivity index (χ0) is 14.0. The minimum absolute atomic E-state index is 0.0743. The molecule has 0 saturated carbocycles. The van der Waals surface area contributed by atoms with Crippen molar-refractivity contribution in [1.82, 2.24) is 15.1 Å². The highest BCUT2D eigenvalue weighted by Gasteiger charge is 2.16. The number of nitrogens with one attached hydrogen (secondary N) is 1. The summed E-state index contributed by atoms with van der Waals surface area (Å²) in [6, 6.07) is 7.10. The predicted molar refractivity (Wildman–Crippen MR) is 74.2 cm³/mol. The van der Waals surface area contributed by atoms with E-state index in [1.165, 1.54) is 4.68 Å². The molecule has 0 unspecified atom stereocenters. The van der Waals surface area contributed by atoms with E-state index in [-0.39, 0.29) is 23.2 Å². The van der Waals surface area contributed by atoms with Crippen LogP contribution in [0.5, 0.6) is 0 Å². The monoisotopic (exact) mass is 259 g/mol. The maximum Gasteiger partial charge on any atom is 0.274 e. The van der Waals surface area contributed by atoms with Crippen LogP contribution in [0.25, 0.3) is 10.8 Å². The maximum absolute atomic E-state index is 12.2. The molecule has 1 heterocycles. The van der Waals surface area contributed by atoms with Crippen LogP contribution in [-0.2, 0) is 7.05 Å². The molecule has 0 aliphatic heterocycles. The normalized spacial score (nSPS) is 12.4. The van der Waals surface area contributed by atoms with E-state index >= 15 is 0 Å². The van der Waals surface area contributed by atoms with Gasteiger partial charge in [0.2, 0.25) is 0 Å². The van der Waals surface area contributed by atoms with Crippen LogP contribution in [0.2, 0.25) is 0 Å². The summed E-state index contributed by atoms with van der Waals surface area (Å²) in [6.45, 7) is 3.93. The SMILES string of the molecule is CC[C@@H](C)NC(=O)c1nn(C)c(=O)c2ccccc12. The van der Waals surface area contributed by atoms with E-state index in [0.717, 1.165) is 6.42 Å². The van der Waals surface area contributed by atoms with Crippen molar-refractivity contribution in [3.63, 3.8) is 0 Å². The van der Waals surface area contributed by atoms with Gasteiger partial charge in [-0.05, 0) is 19.4 Å². The second kappa shape index (κ2) is 5.22. The molecule has 1 aromatic heterocycles. The van der Waals surface area contributed by atoms with E-state index in [9.17, 15) is 9.59 Å². The zero-order valence-electron chi connectivity index (χ0n) is 11.3. The summed E-state index contributed by atoms with van der Waals surface area (Å²) >= 11 is 0. The van der Waals surface area contributed by atoms with Crippen LogP contribution in [0.15, 0.2) is 29.1 Å². The topological polar surface area (TPSA) is 64.0 Å². The number of fused-ring (bicyclic) bond motifs is 1. The number of aromatic nitrogens is 2. The Bertz CT molecular complexity index is 676. The Morgan fingerprint density at radius 3 is 2.63 bits per heavy atom. The van der Waals surface area contributed by atoms with Gasteiger partial charge in [-0.2, -0.15) is 5.10 Å². The maximum atomic E-state index is 12.2. The molecule has 1 amide bonds. The molecule has 0 bridgehead atoms. The van der Waals surface area contributed by atoms with Gasteiger partial charge in [-0.15, -0.1) is 0 Å². The quantitative estimate of drug-likeness (QED) is 0.907. The third kappa shape index (κ3) is 2.50. The summed E-state index contributed by atoms with van der Waals surface area (Å²) in [5.41, 5.74) is 0.0914. The highest BCUT2D eigenvalue weighted by Crippen LogP contribution is 2.13. The van der Waals surface area contributed by atoms with Gasteiger partial charge < -0.3 is 5.32 Å². The third-order valence-electron chi connectivity index (χ3n) is 3.16. The average molecular weight is 259 g/mol. The van der Waals surface area contributed by atoms with Gasteiger partial charge in [0.15, 0.2) is 5.69 Å². The Kier molecular flexibility index (Phi) is 3.64. The number of hydrogen-bond donors (Lipinski definition) is 1. The van der Waals surface area contributed by atoms with E-state index < -0.39 is 0 Å². The fraction of sp³-hybridized carbons (Fsp3) is 0.357. The molecule has 0 spiro atoms. The van der Waals surface area contributed by atoms with Crippen LogP contribution in [0, 0.1) is 0 Å². The van der Waals surface area contributed by atoms with E-state index in [1.807, 2.05) is 13.8 Å². The molecule has 0 radical (unpaired) electrons. The summed E-state index contributed by atoms with van der Waals surface area (Å²) in [7, 11) is 1.55. The Labute approximate surface area is 111 Å². The van der Waals surface area contributed by atoms with Gasteiger partial charge in [0.1, 0.15) is 0 Å². The van der Waals surface area contributed by atoms with Gasteiger partial charge in [0.05, 0.1) is 5.39 Å². The van der Waals surface area contributed by atoms with Crippen molar-refractivity contribution >= 4 is 16.7 Å². The number of carbonyl (C=O) groups is 1. The van der Waals surface area contributed by atoms with Crippen LogP contribution in [-0.4, -0.2) is 21.7 Å². The number of hydrogen-bond acceptors (Lipinski definition) is 3. The van der Waals surface area contributed by atoms with Crippen molar-refractivity contribution in [3.05, 3.63) is 40.3 Å². The van der Waals surface area contributed by atoms with Crippen molar-refractivity contribution in [3.8, 4) is 0 Å². The van der Waals surface area contributed by atoms with Gasteiger partial charge in [-0.25, -0.2) is 4.68 Å². The summed E-state index contributed by atoms with van der Waals surface area (Å²) in [5, 5.41) is 8.05. The standard InChI is InChI=1S/C14H17N3O2/c1-4-9(2)15-13(18)12-10-7-5-6-8-11(10)14(19)17(3)16-12/h5-9H,4H2,1-3H3,(H,15,18)/t9-/m1/s1. The van der Waals surface area contributed by atoms with Crippen molar-refractivity contribution in [2.75, 3.05) is 0 Å². The second-order valence-corrected chi connectivity index (χ2v) is 4.61. The number of amides is 1. The van der Waals surface area contributed by atoms with Crippen LogP contribution < -0.4 is 10.9 Å². The third-order valence-corrected chi connectivity index (χ3v) is 3.16. The molecule has 2 aromatic rings. The number of nitrogens with zero attached hydrogens (tertiary/aromatic N) is 2. The molecular weight excluding hydrogens is 242 g/mol. The largest absolute Gasteiger partial charge is 0.348 e. The lowest BCUT2D eigenvalue weighted by atomic mass is 10.1. The van der Waals surface area contributed by atoms with Crippen molar-refractivity contribution < 1.29 is 4.79 Å². The smallest absolute Gasteiger partial charge is 0.274 e. The molecule has 1 aromatic carbocycles. The van der Waals surface area contributed by atoms with Gasteiger partial charge in [0, 0.05) is 18.5 Å². The lowest BCUT2D eigenvalue weighted by Gasteiger charge is -2.12. The van der Waals surface area contributed by atoms with Crippen LogP contribution in [0.1, 0.15) is 30.8 Å². The second-order valence-electron chi connectivity index (χ2n) is 4.61. The summed E-state index contributed by atoms with van der Waals surface area (Å²) in [4.78, 5) is 24.2. The Morgan fingerprint density at radius 1 is 1.37 bits per heavy atom. The van der Waals surface area contributed by atoms with E-state index in [2.05, 4.69) is 10.4 Å². The van der Waals surface area contributed by atoms with Gasteiger partial charge in [-0.1, -0.05) is 25.1 Å². The summed E-state index contributed by atoms with van der Waals surface area (Å²) < 4.78 is 1.20. The Hall–Kier alpha value is -2.17. The van der Waals surface area contributed by atoms with Gasteiger partial charge in [0.25, 0.3) is 11.5 Å². The molecule has 1 atom stereocenters. The molecule has 0 aliphatic rings. The molecular formula is C14H17N3O2. The first-order valence-electron chi connectivity index (χ1n) is 6.31. The van der Waals surface area contributed by atoms with E-state index in [4.69, 9.17) is 0 Å². The number of aryl methyl sites for hydroxylation is 1. The number of rotatable bonds is 3. The minimum atomic E-state index is -0.249. The first-order chi connectivity index (χ1) is 9.04. The molecule has 19 heavy (non-hydrogen) atoms. The Balaban J connectivity index is 2.58. The van der Waals surface area contributed by atoms with Crippen molar-refractivity contribution in [2.45, 2.75) is 26.3 Å². The first-order valence-corrected chi connectivity index (χ1v) is 6.31. The van der Waals surface area contributed by atoms with Crippen molar-refractivity contribution in [2.24, 2.45) is 7.05 Å². The molecule has 1 N–H and O–H groups in total. The summed E-state index contributed by atoms with van der Waals surface area (Å²) in [5.74, 6) is -0.249. The highest BCUT2D eigenvalue weighted by molar-refractivity contribution is 6.04. The fourth-order valence-corrected chi connectivity index (χ4v) is 1.86. The molecule has 0 aliphatic carbocycles. The Morgan fingerprint density at radius 2 is 2.00 bits per heavy atom. The molecule has 5 heteroatoms. The number of benzene rings is 1. The summed E-state index contributed by atoms with van der Waals surface area (Å²) in [6.07, 6.45) is 0.843. The van der Waals surface area contributed by atoms with E-state index in [0.29, 0.717) is 10.8 Å². The molecule has 0 saturated heterocycles. The fourth-order valence-electron chi connectivity index (χ4n) is 1.86. The van der Waals surface area contributed by atoms with E-state index in [1.54, 1.807) is 31.3 Å². The van der Waals surface area contributed by atoms with Crippen molar-refractivity contribution in [1.29, 1.82) is 0 Å².